The van der Waals surface area contributed by atoms with Gasteiger partial charge in [0, 0.05) is 21.2 Å². The second-order valence-electron chi connectivity index (χ2n) is 6.39. The molecule has 1 aliphatic carbocycles. The molecule has 1 aromatic carbocycles. The number of hydrogen-bond acceptors (Lipinski definition) is 6. The molecule has 0 aliphatic heterocycles. The lowest BCUT2D eigenvalue weighted by atomic mass is 9.98. The molecule has 2 heterocycles. The van der Waals surface area contributed by atoms with Crippen LogP contribution in [0.4, 0.5) is 5.88 Å². The highest BCUT2D eigenvalue weighted by Gasteiger charge is 2.21. The minimum Gasteiger partial charge on any atom is -0.338 e. The number of nitrogens with zero attached hydrogens (tertiary/aromatic N) is 2. The fourth-order valence-corrected chi connectivity index (χ4v) is 5.05. The normalized spacial score (nSPS) is 13.4. The van der Waals surface area contributed by atoms with E-state index < -0.39 is 0 Å². The van der Waals surface area contributed by atoms with Gasteiger partial charge in [0.05, 0.1) is 17.8 Å². The maximum atomic E-state index is 12.3. The third-order valence-corrected chi connectivity index (χ3v) is 7.03. The van der Waals surface area contributed by atoms with E-state index in [-0.39, 0.29) is 12.3 Å². The first-order valence-electron chi connectivity index (χ1n) is 8.76. The van der Waals surface area contributed by atoms with Gasteiger partial charge >= 0.3 is 0 Å². The predicted octanol–water partition coefficient (Wildman–Crippen LogP) is 5.25. The Kier molecular flexibility index (Phi) is 5.95. The van der Waals surface area contributed by atoms with Gasteiger partial charge in [0.2, 0.25) is 11.8 Å². The molecule has 3 aromatic rings. The molecule has 2 aromatic heterocycles. The van der Waals surface area contributed by atoms with Crippen LogP contribution in [0.5, 0.6) is 0 Å². The largest absolute Gasteiger partial charge is 0.338 e. The van der Waals surface area contributed by atoms with Crippen LogP contribution in [-0.2, 0) is 29.8 Å². The molecule has 1 N–H and O–H groups in total. The lowest BCUT2D eigenvalue weighted by Gasteiger charge is -2.09. The van der Waals surface area contributed by atoms with Crippen molar-refractivity contribution in [2.45, 2.75) is 42.2 Å². The molecule has 0 spiro atoms. The van der Waals surface area contributed by atoms with Gasteiger partial charge in [-0.05, 0) is 43.4 Å². The van der Waals surface area contributed by atoms with Crippen molar-refractivity contribution < 1.29 is 9.32 Å². The first-order chi connectivity index (χ1) is 13.2. The quantitative estimate of drug-likeness (QED) is 0.505. The Balaban J connectivity index is 1.31. The summed E-state index contributed by atoms with van der Waals surface area (Å²) < 4.78 is 7.37. The Bertz CT molecular complexity index is 937. The molecule has 5 nitrogen and oxygen atoms in total. The number of thioether (sulfide) groups is 1. The fourth-order valence-electron chi connectivity index (χ4n) is 2.99. The summed E-state index contributed by atoms with van der Waals surface area (Å²) in [6.07, 6.45) is 4.33. The van der Waals surface area contributed by atoms with Crippen molar-refractivity contribution in [3.05, 3.63) is 56.6 Å². The number of amides is 1. The van der Waals surface area contributed by atoms with Crippen molar-refractivity contribution in [3.8, 4) is 0 Å². The zero-order chi connectivity index (χ0) is 18.6. The molecule has 140 valence electrons. The summed E-state index contributed by atoms with van der Waals surface area (Å²) in [6.45, 7) is 0. The molecule has 0 unspecified atom stereocenters. The average molecular weight is 464 g/mol. The Morgan fingerprint density at radius 1 is 1.26 bits per heavy atom. The first kappa shape index (κ1) is 18.7. The Hall–Kier alpha value is -1.64. The summed E-state index contributed by atoms with van der Waals surface area (Å²) >= 11 is 6.70. The number of carbonyl (C=O) groups excluding carboxylic acids is 1. The maximum Gasteiger partial charge on any atom is 0.234 e. The van der Waals surface area contributed by atoms with Crippen LogP contribution in [0.1, 0.15) is 35.4 Å². The Morgan fingerprint density at radius 3 is 2.93 bits per heavy atom. The molecule has 27 heavy (non-hydrogen) atoms. The molecule has 0 radical (unpaired) electrons. The summed E-state index contributed by atoms with van der Waals surface area (Å²) in [7, 11) is 0. The molecule has 0 atom stereocenters. The minimum absolute atomic E-state index is 0.116. The van der Waals surface area contributed by atoms with Gasteiger partial charge in [0.15, 0.2) is 0 Å². The Morgan fingerprint density at radius 2 is 2.07 bits per heavy atom. The van der Waals surface area contributed by atoms with Gasteiger partial charge in [-0.3, -0.25) is 10.1 Å². The molecule has 4 rings (SSSR count). The number of carbonyl (C=O) groups is 1. The van der Waals surface area contributed by atoms with Crippen molar-refractivity contribution >= 4 is 50.8 Å². The lowest BCUT2D eigenvalue weighted by Crippen LogP contribution is -2.15. The van der Waals surface area contributed by atoms with Gasteiger partial charge in [-0.15, -0.1) is 11.3 Å². The molecule has 0 bridgehead atoms. The lowest BCUT2D eigenvalue weighted by molar-refractivity contribution is -0.115. The summed E-state index contributed by atoms with van der Waals surface area (Å²) in [5, 5.41) is 8.87. The number of hydrogen-bond donors (Lipinski definition) is 1. The van der Waals surface area contributed by atoms with E-state index in [4.69, 9.17) is 4.52 Å². The number of aromatic nitrogens is 2. The molecule has 8 heteroatoms. The number of aryl methyl sites for hydroxylation is 1. The summed E-state index contributed by atoms with van der Waals surface area (Å²) in [6, 6.07) is 8.26. The van der Waals surface area contributed by atoms with Crippen LogP contribution in [0.15, 0.2) is 43.0 Å². The second kappa shape index (κ2) is 8.58. The summed E-state index contributed by atoms with van der Waals surface area (Å²) in [5.41, 5.74) is 4.06. The van der Waals surface area contributed by atoms with E-state index in [9.17, 15) is 4.79 Å². The van der Waals surface area contributed by atoms with Gasteiger partial charge in [0.1, 0.15) is 4.34 Å². The molecule has 1 amide bonds. The van der Waals surface area contributed by atoms with Crippen molar-refractivity contribution in [1.82, 2.24) is 10.1 Å². The summed E-state index contributed by atoms with van der Waals surface area (Å²) in [4.78, 5) is 16.9. The number of benzene rings is 1. The maximum absolute atomic E-state index is 12.3. The molecule has 0 fully saturated rings. The molecular weight excluding hydrogens is 446 g/mol. The zero-order valence-corrected chi connectivity index (χ0v) is 17.8. The van der Waals surface area contributed by atoms with E-state index in [1.54, 1.807) is 23.1 Å². The van der Waals surface area contributed by atoms with E-state index in [2.05, 4.69) is 43.5 Å². The fraction of sp³-hybridized carbons (Fsp3) is 0.316. The molecule has 0 saturated heterocycles. The topological polar surface area (TPSA) is 68.0 Å². The highest BCUT2D eigenvalue weighted by atomic mass is 79.9. The highest BCUT2D eigenvalue weighted by molar-refractivity contribution is 9.10. The predicted molar refractivity (Wildman–Crippen MR) is 111 cm³/mol. The van der Waals surface area contributed by atoms with Gasteiger partial charge in [-0.2, -0.15) is 0 Å². The van der Waals surface area contributed by atoms with Crippen LogP contribution in [0.3, 0.4) is 0 Å². The minimum atomic E-state index is -0.116. The monoisotopic (exact) mass is 463 g/mol. The van der Waals surface area contributed by atoms with Crippen LogP contribution in [0, 0.1) is 0 Å². The SMILES string of the molecule is O=C(Cc1csc(SCc2ccc(Br)cc2)n1)Nc1onc2c1CCCC2. The van der Waals surface area contributed by atoms with Gasteiger partial charge in [0.25, 0.3) is 0 Å². The van der Waals surface area contributed by atoms with E-state index in [1.165, 1.54) is 5.56 Å². The summed E-state index contributed by atoms with van der Waals surface area (Å²) in [5.74, 6) is 1.25. The highest BCUT2D eigenvalue weighted by Crippen LogP contribution is 2.29. The van der Waals surface area contributed by atoms with Crippen molar-refractivity contribution in [1.29, 1.82) is 0 Å². The number of thiazole rings is 1. The third-order valence-electron chi connectivity index (χ3n) is 4.36. The van der Waals surface area contributed by atoms with Crippen LogP contribution in [0.25, 0.3) is 0 Å². The average Bonchev–Trinajstić information content (AvgIpc) is 3.29. The smallest absolute Gasteiger partial charge is 0.234 e. The van der Waals surface area contributed by atoms with Crippen LogP contribution in [-0.4, -0.2) is 16.0 Å². The van der Waals surface area contributed by atoms with E-state index in [0.717, 1.165) is 57.2 Å². The van der Waals surface area contributed by atoms with Crippen LogP contribution < -0.4 is 5.32 Å². The van der Waals surface area contributed by atoms with Crippen LogP contribution in [0.2, 0.25) is 0 Å². The number of nitrogens with one attached hydrogen (secondary N) is 1. The van der Waals surface area contributed by atoms with Crippen molar-refractivity contribution in [3.63, 3.8) is 0 Å². The molecule has 0 saturated carbocycles. The Labute approximate surface area is 174 Å². The number of fused-ring (bicyclic) bond motifs is 1. The number of anilines is 1. The zero-order valence-electron chi connectivity index (χ0n) is 14.5. The van der Waals surface area contributed by atoms with Crippen LogP contribution >= 0.6 is 39.0 Å². The van der Waals surface area contributed by atoms with Crippen molar-refractivity contribution in [2.24, 2.45) is 0 Å². The van der Waals surface area contributed by atoms with Gasteiger partial charge < -0.3 is 4.52 Å². The van der Waals surface area contributed by atoms with E-state index >= 15 is 0 Å². The standard InChI is InChI=1S/C19H18BrN3O2S2/c20-13-7-5-12(6-8-13)10-26-19-21-14(11-27-19)9-17(24)22-18-15-3-1-2-4-16(15)23-25-18/h5-8,11H,1-4,9-10H2,(H,22,24). The van der Waals surface area contributed by atoms with Gasteiger partial charge in [-0.1, -0.05) is 45.0 Å². The molecule has 1 aliphatic rings. The van der Waals surface area contributed by atoms with Gasteiger partial charge in [-0.25, -0.2) is 4.98 Å². The molecular formula is C19H18BrN3O2S2. The van der Waals surface area contributed by atoms with E-state index in [1.807, 2.05) is 17.5 Å². The number of rotatable bonds is 6. The number of halogens is 1. The first-order valence-corrected chi connectivity index (χ1v) is 11.4. The van der Waals surface area contributed by atoms with E-state index in [0.29, 0.717) is 5.88 Å². The second-order valence-corrected chi connectivity index (χ2v) is 9.39. The third kappa shape index (κ3) is 4.80. The van der Waals surface area contributed by atoms with Crippen molar-refractivity contribution in [2.75, 3.05) is 5.32 Å².